The molecule has 0 aromatic carbocycles. The molecule has 1 fully saturated rings. The zero-order chi connectivity index (χ0) is 13.4. The first-order valence-corrected chi connectivity index (χ1v) is 6.66. The quantitative estimate of drug-likeness (QED) is 0.839. The van der Waals surface area contributed by atoms with E-state index in [4.69, 9.17) is 11.5 Å². The summed E-state index contributed by atoms with van der Waals surface area (Å²) in [7, 11) is 2.25. The van der Waals surface area contributed by atoms with Gasteiger partial charge in [-0.3, -0.25) is 0 Å². The summed E-state index contributed by atoms with van der Waals surface area (Å²) in [5, 5.41) is 0. The maximum absolute atomic E-state index is 5.23. The monoisotopic (exact) mass is 251 g/mol. The minimum absolute atomic E-state index is 0.400. The Hall–Kier alpha value is -1.36. The van der Waals surface area contributed by atoms with Gasteiger partial charge in [0.1, 0.15) is 18.0 Å². The molecule has 0 saturated heterocycles. The van der Waals surface area contributed by atoms with Gasteiger partial charge in [0.25, 0.3) is 0 Å². The molecular weight excluding hydrogens is 226 g/mol. The fourth-order valence-electron chi connectivity index (χ4n) is 2.17. The van der Waals surface area contributed by atoms with Crippen molar-refractivity contribution in [3.8, 4) is 0 Å². The predicted octanol–water partition coefficient (Wildman–Crippen LogP) is 1.91. The summed E-state index contributed by atoms with van der Waals surface area (Å²) in [4.78, 5) is 9.74. The van der Waals surface area contributed by atoms with Gasteiger partial charge in [0.05, 0.1) is 0 Å². The molecule has 0 bridgehead atoms. The fourth-order valence-corrected chi connectivity index (χ4v) is 2.17. The van der Waals surface area contributed by atoms with Crippen LogP contribution >= 0.6 is 0 Å². The van der Waals surface area contributed by atoms with Crippen LogP contribution in [0.15, 0.2) is 12.4 Å². The fraction of sp³-hybridized carbons (Fsp3) is 0.692. The first kappa shape index (κ1) is 14.7. The standard InChI is InChI=1S/C9H19N.C4H6N4/c1-3-10(2)9-7-5-4-6-8-9;5-3-1-4(6)8-2-7-3/h9H,3-8H2,1-2H3;1-2H,(H4,5,6,7,8). The SMILES string of the molecule is CCN(C)C1CCCCC1.Nc1cc(N)ncn1. The Kier molecular flexibility index (Phi) is 6.43. The van der Waals surface area contributed by atoms with E-state index in [2.05, 4.69) is 28.8 Å². The molecule has 2 rings (SSSR count). The second kappa shape index (κ2) is 7.87. The molecule has 0 radical (unpaired) electrons. The molecule has 0 unspecified atom stereocenters. The lowest BCUT2D eigenvalue weighted by atomic mass is 9.95. The van der Waals surface area contributed by atoms with Gasteiger partial charge in [-0.15, -0.1) is 0 Å². The average molecular weight is 251 g/mol. The smallest absolute Gasteiger partial charge is 0.128 e. The van der Waals surface area contributed by atoms with Crippen LogP contribution in [0.25, 0.3) is 0 Å². The number of nitrogen functional groups attached to an aromatic ring is 2. The zero-order valence-electron chi connectivity index (χ0n) is 11.5. The molecule has 1 aromatic heterocycles. The Labute approximate surface area is 110 Å². The number of nitrogens with two attached hydrogens (primary N) is 2. The summed E-state index contributed by atoms with van der Waals surface area (Å²) in [5.74, 6) is 0.801. The van der Waals surface area contributed by atoms with Gasteiger partial charge in [0.15, 0.2) is 0 Å². The largest absolute Gasteiger partial charge is 0.384 e. The van der Waals surface area contributed by atoms with Crippen molar-refractivity contribution in [1.82, 2.24) is 14.9 Å². The molecule has 5 nitrogen and oxygen atoms in total. The maximum Gasteiger partial charge on any atom is 0.128 e. The van der Waals surface area contributed by atoms with E-state index in [1.165, 1.54) is 51.0 Å². The van der Waals surface area contributed by atoms with E-state index in [0.717, 1.165) is 6.04 Å². The van der Waals surface area contributed by atoms with E-state index in [-0.39, 0.29) is 0 Å². The number of anilines is 2. The molecule has 5 heteroatoms. The second-order valence-electron chi connectivity index (χ2n) is 4.73. The molecule has 4 N–H and O–H groups in total. The highest BCUT2D eigenvalue weighted by molar-refractivity contribution is 5.38. The van der Waals surface area contributed by atoms with Gasteiger partial charge in [-0.25, -0.2) is 9.97 Å². The minimum Gasteiger partial charge on any atom is -0.384 e. The van der Waals surface area contributed by atoms with Crippen molar-refractivity contribution in [2.24, 2.45) is 0 Å². The lowest BCUT2D eigenvalue weighted by Crippen LogP contribution is -2.32. The zero-order valence-corrected chi connectivity index (χ0v) is 11.5. The van der Waals surface area contributed by atoms with Crippen LogP contribution in [-0.4, -0.2) is 34.5 Å². The van der Waals surface area contributed by atoms with Crippen molar-refractivity contribution in [3.05, 3.63) is 12.4 Å². The van der Waals surface area contributed by atoms with E-state index >= 15 is 0 Å². The van der Waals surface area contributed by atoms with E-state index < -0.39 is 0 Å². The van der Waals surface area contributed by atoms with Crippen molar-refractivity contribution in [2.75, 3.05) is 25.1 Å². The molecule has 0 aliphatic heterocycles. The number of rotatable bonds is 2. The average Bonchev–Trinajstić information content (AvgIpc) is 2.39. The molecule has 1 aliphatic carbocycles. The summed E-state index contributed by atoms with van der Waals surface area (Å²) in [6.45, 7) is 3.46. The molecule has 0 atom stereocenters. The van der Waals surface area contributed by atoms with E-state index in [0.29, 0.717) is 11.6 Å². The molecule has 1 aromatic rings. The molecule has 0 spiro atoms. The summed E-state index contributed by atoms with van der Waals surface area (Å²) >= 11 is 0. The van der Waals surface area contributed by atoms with Crippen LogP contribution in [0, 0.1) is 0 Å². The van der Waals surface area contributed by atoms with Crippen LogP contribution < -0.4 is 11.5 Å². The van der Waals surface area contributed by atoms with Crippen LogP contribution in [0.4, 0.5) is 11.6 Å². The molecule has 1 saturated carbocycles. The van der Waals surface area contributed by atoms with Gasteiger partial charge in [-0.05, 0) is 26.4 Å². The normalized spacial score (nSPS) is 16.2. The molecular formula is C13H25N5. The molecule has 1 aliphatic rings. The van der Waals surface area contributed by atoms with Crippen LogP contribution in [0.1, 0.15) is 39.0 Å². The third-order valence-corrected chi connectivity index (χ3v) is 3.41. The Bertz CT molecular complexity index is 319. The van der Waals surface area contributed by atoms with Gasteiger partial charge in [0.2, 0.25) is 0 Å². The Morgan fingerprint density at radius 1 is 1.17 bits per heavy atom. The Morgan fingerprint density at radius 3 is 2.11 bits per heavy atom. The van der Waals surface area contributed by atoms with Crippen molar-refractivity contribution < 1.29 is 0 Å². The highest BCUT2D eigenvalue weighted by Gasteiger charge is 2.15. The molecule has 1 heterocycles. The maximum atomic E-state index is 5.23. The van der Waals surface area contributed by atoms with Gasteiger partial charge >= 0.3 is 0 Å². The van der Waals surface area contributed by atoms with Gasteiger partial charge in [0, 0.05) is 12.1 Å². The first-order valence-electron chi connectivity index (χ1n) is 6.66. The number of hydrogen-bond acceptors (Lipinski definition) is 5. The van der Waals surface area contributed by atoms with E-state index in [9.17, 15) is 0 Å². The van der Waals surface area contributed by atoms with Crippen molar-refractivity contribution >= 4 is 11.6 Å². The van der Waals surface area contributed by atoms with Crippen LogP contribution in [0.3, 0.4) is 0 Å². The minimum atomic E-state index is 0.400. The lowest BCUT2D eigenvalue weighted by Gasteiger charge is -2.29. The highest BCUT2D eigenvalue weighted by atomic mass is 15.1. The highest BCUT2D eigenvalue weighted by Crippen LogP contribution is 2.20. The molecule has 0 amide bonds. The Morgan fingerprint density at radius 2 is 1.72 bits per heavy atom. The first-order chi connectivity index (χ1) is 8.63. The van der Waals surface area contributed by atoms with Crippen molar-refractivity contribution in [3.63, 3.8) is 0 Å². The second-order valence-corrected chi connectivity index (χ2v) is 4.73. The van der Waals surface area contributed by atoms with E-state index in [1.54, 1.807) is 0 Å². The van der Waals surface area contributed by atoms with Gasteiger partial charge in [-0.1, -0.05) is 26.2 Å². The summed E-state index contributed by atoms with van der Waals surface area (Å²) in [6.07, 6.45) is 8.57. The van der Waals surface area contributed by atoms with Crippen molar-refractivity contribution in [1.29, 1.82) is 0 Å². The predicted molar refractivity (Wildman–Crippen MR) is 76.0 cm³/mol. The van der Waals surface area contributed by atoms with Gasteiger partial charge < -0.3 is 16.4 Å². The topological polar surface area (TPSA) is 81.1 Å². The molecule has 102 valence electrons. The lowest BCUT2D eigenvalue weighted by molar-refractivity contribution is 0.200. The van der Waals surface area contributed by atoms with Crippen LogP contribution in [-0.2, 0) is 0 Å². The third kappa shape index (κ3) is 5.31. The summed E-state index contributed by atoms with van der Waals surface area (Å²) in [5.41, 5.74) is 10.5. The summed E-state index contributed by atoms with van der Waals surface area (Å²) < 4.78 is 0. The Balaban J connectivity index is 0.000000184. The van der Waals surface area contributed by atoms with Crippen molar-refractivity contribution in [2.45, 2.75) is 45.1 Å². The number of nitrogens with zero attached hydrogens (tertiary/aromatic N) is 3. The van der Waals surface area contributed by atoms with Crippen LogP contribution in [0.2, 0.25) is 0 Å². The number of aromatic nitrogens is 2. The third-order valence-electron chi connectivity index (χ3n) is 3.41. The van der Waals surface area contributed by atoms with Crippen LogP contribution in [0.5, 0.6) is 0 Å². The number of hydrogen-bond donors (Lipinski definition) is 2. The van der Waals surface area contributed by atoms with E-state index in [1.807, 2.05) is 0 Å². The summed E-state index contributed by atoms with van der Waals surface area (Å²) in [6, 6.07) is 2.40. The molecule has 18 heavy (non-hydrogen) atoms. The van der Waals surface area contributed by atoms with Gasteiger partial charge in [-0.2, -0.15) is 0 Å².